The molecule has 3 aromatic rings. The maximum absolute atomic E-state index is 13.3. The Hall–Kier alpha value is -2.79. The smallest absolute Gasteiger partial charge is 0.256 e. The van der Waals surface area contributed by atoms with Crippen molar-refractivity contribution in [2.75, 3.05) is 6.61 Å². The van der Waals surface area contributed by atoms with Gasteiger partial charge in [-0.15, -0.1) is 0 Å². The summed E-state index contributed by atoms with van der Waals surface area (Å²) >= 11 is 0. The minimum atomic E-state index is -0.270. The van der Waals surface area contributed by atoms with Gasteiger partial charge in [-0.25, -0.2) is 0 Å². The van der Waals surface area contributed by atoms with Crippen molar-refractivity contribution >= 4 is 16.8 Å². The summed E-state index contributed by atoms with van der Waals surface area (Å²) in [5.41, 5.74) is 2.01. The average molecular weight is 335 g/mol. The zero-order chi connectivity index (χ0) is 17.6. The molecule has 0 saturated heterocycles. The van der Waals surface area contributed by atoms with E-state index in [1.165, 1.54) is 0 Å². The number of nitrogens with zero attached hydrogens (tertiary/aromatic N) is 3. The van der Waals surface area contributed by atoms with Crippen LogP contribution in [-0.2, 0) is 6.54 Å². The monoisotopic (exact) mass is 335 g/mol. The Morgan fingerprint density at radius 1 is 1.08 bits per heavy atom. The van der Waals surface area contributed by atoms with Crippen LogP contribution >= 0.6 is 0 Å². The highest BCUT2D eigenvalue weighted by molar-refractivity contribution is 6.05. The van der Waals surface area contributed by atoms with Crippen molar-refractivity contribution in [1.82, 2.24) is 14.9 Å². The van der Waals surface area contributed by atoms with Crippen molar-refractivity contribution in [3.05, 3.63) is 72.2 Å². The van der Waals surface area contributed by atoms with Crippen molar-refractivity contribution in [3.8, 4) is 0 Å². The molecule has 1 amide bonds. The molecule has 0 radical (unpaired) electrons. The van der Waals surface area contributed by atoms with E-state index in [4.69, 9.17) is 0 Å². The van der Waals surface area contributed by atoms with Crippen LogP contribution in [0.5, 0.6) is 0 Å². The number of benzene rings is 1. The molecule has 0 aliphatic rings. The summed E-state index contributed by atoms with van der Waals surface area (Å²) in [4.78, 5) is 23.6. The van der Waals surface area contributed by atoms with Crippen molar-refractivity contribution in [1.29, 1.82) is 0 Å². The molecule has 2 heterocycles. The van der Waals surface area contributed by atoms with Crippen molar-refractivity contribution in [2.24, 2.45) is 0 Å². The quantitative estimate of drug-likeness (QED) is 0.752. The lowest BCUT2D eigenvalue weighted by Crippen LogP contribution is -2.42. The zero-order valence-corrected chi connectivity index (χ0v) is 14.2. The van der Waals surface area contributed by atoms with Gasteiger partial charge in [0.15, 0.2) is 0 Å². The fourth-order valence-electron chi connectivity index (χ4n) is 2.91. The van der Waals surface area contributed by atoms with Crippen molar-refractivity contribution in [3.63, 3.8) is 0 Å². The Morgan fingerprint density at radius 2 is 1.88 bits per heavy atom. The van der Waals surface area contributed by atoms with Gasteiger partial charge in [-0.1, -0.05) is 31.2 Å². The van der Waals surface area contributed by atoms with E-state index in [1.54, 1.807) is 23.4 Å². The molecular weight excluding hydrogens is 314 g/mol. The van der Waals surface area contributed by atoms with E-state index in [1.807, 2.05) is 49.4 Å². The summed E-state index contributed by atoms with van der Waals surface area (Å²) in [5, 5.41) is 10.7. The Morgan fingerprint density at radius 3 is 2.60 bits per heavy atom. The number of hydrogen-bond acceptors (Lipinski definition) is 4. The molecule has 128 valence electrons. The molecule has 0 spiro atoms. The molecule has 1 aromatic carbocycles. The molecular formula is C20H21N3O2. The van der Waals surface area contributed by atoms with Gasteiger partial charge >= 0.3 is 0 Å². The van der Waals surface area contributed by atoms with E-state index < -0.39 is 0 Å². The topological polar surface area (TPSA) is 66.3 Å². The van der Waals surface area contributed by atoms with Gasteiger partial charge in [0, 0.05) is 17.8 Å². The zero-order valence-electron chi connectivity index (χ0n) is 14.2. The Kier molecular flexibility index (Phi) is 5.36. The predicted molar refractivity (Wildman–Crippen MR) is 97.0 cm³/mol. The summed E-state index contributed by atoms with van der Waals surface area (Å²) in [6.45, 7) is 2.22. The van der Waals surface area contributed by atoms with Gasteiger partial charge in [-0.05, 0) is 30.7 Å². The fraction of sp³-hybridized carbons (Fsp3) is 0.250. The molecule has 25 heavy (non-hydrogen) atoms. The number of hydrogen-bond donors (Lipinski definition) is 1. The summed E-state index contributed by atoms with van der Waals surface area (Å²) in [7, 11) is 0. The fourth-order valence-corrected chi connectivity index (χ4v) is 2.91. The first-order valence-corrected chi connectivity index (χ1v) is 8.40. The number of fused-ring (bicyclic) bond motifs is 1. The molecule has 0 fully saturated rings. The lowest BCUT2D eigenvalue weighted by Gasteiger charge is -2.30. The second-order valence-electron chi connectivity index (χ2n) is 5.88. The maximum atomic E-state index is 13.3. The van der Waals surface area contributed by atoms with Gasteiger partial charge in [0.05, 0.1) is 36.0 Å². The summed E-state index contributed by atoms with van der Waals surface area (Å²) < 4.78 is 0. The van der Waals surface area contributed by atoms with Crippen molar-refractivity contribution in [2.45, 2.75) is 25.9 Å². The van der Waals surface area contributed by atoms with E-state index in [0.717, 1.165) is 11.1 Å². The second-order valence-corrected chi connectivity index (χ2v) is 5.88. The number of carbonyl (C=O) groups excluding carboxylic acids is 1. The number of pyridine rings is 2. The summed E-state index contributed by atoms with van der Waals surface area (Å²) in [6.07, 6.45) is 4.05. The summed E-state index contributed by atoms with van der Waals surface area (Å²) in [5.74, 6) is -0.143. The normalized spacial score (nSPS) is 12.1. The summed E-state index contributed by atoms with van der Waals surface area (Å²) in [6, 6.07) is 14.7. The van der Waals surface area contributed by atoms with Crippen LogP contribution in [0.2, 0.25) is 0 Å². The second kappa shape index (κ2) is 7.85. The van der Waals surface area contributed by atoms with Crippen LogP contribution in [0, 0.1) is 0 Å². The molecule has 0 aliphatic carbocycles. The molecule has 0 saturated carbocycles. The Labute approximate surface area is 147 Å². The molecule has 1 N–H and O–H groups in total. The van der Waals surface area contributed by atoms with E-state index in [0.29, 0.717) is 24.0 Å². The van der Waals surface area contributed by atoms with Gasteiger partial charge in [0.25, 0.3) is 5.91 Å². The molecule has 1 atom stereocenters. The maximum Gasteiger partial charge on any atom is 0.256 e. The number of aliphatic hydroxyl groups excluding tert-OH is 1. The van der Waals surface area contributed by atoms with Crippen LogP contribution in [0.1, 0.15) is 29.4 Å². The van der Waals surface area contributed by atoms with E-state index in [2.05, 4.69) is 9.97 Å². The highest BCUT2D eigenvalue weighted by Gasteiger charge is 2.25. The number of aliphatic hydroxyl groups is 1. The predicted octanol–water partition coefficient (Wildman–Crippen LogP) is 3.04. The van der Waals surface area contributed by atoms with Gasteiger partial charge < -0.3 is 10.0 Å². The Bertz CT molecular complexity index is 842. The van der Waals surface area contributed by atoms with Gasteiger partial charge in [0.1, 0.15) is 0 Å². The molecule has 0 aliphatic heterocycles. The lowest BCUT2D eigenvalue weighted by atomic mass is 10.1. The first kappa shape index (κ1) is 17.0. The van der Waals surface area contributed by atoms with E-state index in [-0.39, 0.29) is 18.6 Å². The third kappa shape index (κ3) is 3.67. The number of carbonyl (C=O) groups is 1. The van der Waals surface area contributed by atoms with Crippen LogP contribution in [0.4, 0.5) is 0 Å². The minimum absolute atomic E-state index is 0.0900. The Balaban J connectivity index is 2.01. The van der Waals surface area contributed by atoms with Crippen molar-refractivity contribution < 1.29 is 9.90 Å². The first-order valence-electron chi connectivity index (χ1n) is 8.40. The molecule has 5 heteroatoms. The van der Waals surface area contributed by atoms with E-state index >= 15 is 0 Å². The first-order chi connectivity index (χ1) is 12.2. The SMILES string of the molecule is CC[C@H](CO)N(Cc1ccccn1)C(=O)c1cccc2cccnc12. The number of rotatable bonds is 6. The largest absolute Gasteiger partial charge is 0.394 e. The molecule has 0 unspecified atom stereocenters. The number of aromatic nitrogens is 2. The van der Waals surface area contributed by atoms with Crippen LogP contribution in [0.25, 0.3) is 10.9 Å². The minimum Gasteiger partial charge on any atom is -0.394 e. The highest BCUT2D eigenvalue weighted by Crippen LogP contribution is 2.20. The van der Waals surface area contributed by atoms with Gasteiger partial charge in [-0.2, -0.15) is 0 Å². The van der Waals surface area contributed by atoms with Crippen LogP contribution in [0.15, 0.2) is 60.9 Å². The lowest BCUT2D eigenvalue weighted by molar-refractivity contribution is 0.0562. The van der Waals surface area contributed by atoms with Crippen LogP contribution < -0.4 is 0 Å². The standard InChI is InChI=1S/C20H21N3O2/c1-2-17(14-24)23(13-16-9-3-4-11-21-16)20(25)18-10-5-7-15-8-6-12-22-19(15)18/h3-12,17,24H,2,13-14H2,1H3/t17-/m1/s1. The van der Waals surface area contributed by atoms with Crippen LogP contribution in [-0.4, -0.2) is 38.5 Å². The molecule has 2 aromatic heterocycles. The van der Waals surface area contributed by atoms with Gasteiger partial charge in [0.2, 0.25) is 0 Å². The number of para-hydroxylation sites is 1. The third-order valence-corrected chi connectivity index (χ3v) is 4.31. The number of amides is 1. The van der Waals surface area contributed by atoms with Crippen LogP contribution in [0.3, 0.4) is 0 Å². The van der Waals surface area contributed by atoms with E-state index in [9.17, 15) is 9.90 Å². The van der Waals surface area contributed by atoms with Gasteiger partial charge in [-0.3, -0.25) is 14.8 Å². The molecule has 5 nitrogen and oxygen atoms in total. The molecule has 3 rings (SSSR count). The molecule has 0 bridgehead atoms. The average Bonchev–Trinajstić information content (AvgIpc) is 2.68. The third-order valence-electron chi connectivity index (χ3n) is 4.31. The highest BCUT2D eigenvalue weighted by atomic mass is 16.3.